The van der Waals surface area contributed by atoms with E-state index in [0.717, 1.165) is 16.1 Å². The van der Waals surface area contributed by atoms with Crippen molar-refractivity contribution in [2.24, 2.45) is 0 Å². The Bertz CT molecular complexity index is 1130. The second kappa shape index (κ2) is 8.66. The van der Waals surface area contributed by atoms with E-state index >= 15 is 0 Å². The van der Waals surface area contributed by atoms with Crippen molar-refractivity contribution in [3.8, 4) is 5.69 Å². The fraction of sp³-hybridized carbons (Fsp3) is 0.0952. The molecular weight excluding hydrogens is 384 g/mol. The number of hydrogen-bond donors (Lipinski definition) is 1. The lowest BCUT2D eigenvalue weighted by molar-refractivity contribution is 0.102. The van der Waals surface area contributed by atoms with Crippen LogP contribution in [0.2, 0.25) is 0 Å². The third kappa shape index (κ3) is 4.49. The molecule has 4 rings (SSSR count). The predicted molar refractivity (Wildman–Crippen MR) is 112 cm³/mol. The van der Waals surface area contributed by atoms with Crippen molar-refractivity contribution < 1.29 is 4.79 Å². The number of hydrogen-bond acceptors (Lipinski definition) is 6. The Morgan fingerprint density at radius 1 is 1.07 bits per heavy atom. The van der Waals surface area contributed by atoms with Crippen LogP contribution in [-0.4, -0.2) is 31.1 Å². The number of carbonyl (C=O) groups excluding carboxylic acids is 1. The number of aryl methyl sites for hydroxylation is 1. The molecule has 1 amide bonds. The molecule has 7 nitrogen and oxygen atoms in total. The number of nitrogens with one attached hydrogen (secondary N) is 1. The third-order valence-corrected chi connectivity index (χ3v) is 5.25. The molecule has 8 heteroatoms. The molecule has 0 spiro atoms. The van der Waals surface area contributed by atoms with E-state index in [1.54, 1.807) is 16.9 Å². The van der Waals surface area contributed by atoms with Gasteiger partial charge in [-0.3, -0.25) is 4.79 Å². The molecule has 0 aliphatic carbocycles. The van der Waals surface area contributed by atoms with E-state index in [9.17, 15) is 4.79 Å². The fourth-order valence-electron chi connectivity index (χ4n) is 2.78. The molecule has 4 aromatic rings. The molecule has 0 fully saturated rings. The molecule has 0 aliphatic rings. The highest BCUT2D eigenvalue weighted by molar-refractivity contribution is 7.98. The zero-order chi connectivity index (χ0) is 20.1. The van der Waals surface area contributed by atoms with Gasteiger partial charge in [-0.1, -0.05) is 30.3 Å². The van der Waals surface area contributed by atoms with E-state index in [0.29, 0.717) is 23.0 Å². The van der Waals surface area contributed by atoms with Crippen LogP contribution in [0.3, 0.4) is 0 Å². The first-order valence-electron chi connectivity index (χ1n) is 8.99. The maximum Gasteiger partial charge on any atom is 0.257 e. The number of aromatic nitrogens is 5. The normalized spacial score (nSPS) is 10.7. The summed E-state index contributed by atoms with van der Waals surface area (Å²) in [5.74, 6) is 1.56. The number of rotatable bonds is 6. The maximum atomic E-state index is 12.8. The minimum atomic E-state index is -0.200. The zero-order valence-electron chi connectivity index (χ0n) is 15.7. The Hall–Kier alpha value is -3.52. The van der Waals surface area contributed by atoms with Gasteiger partial charge in [0, 0.05) is 11.1 Å². The summed E-state index contributed by atoms with van der Waals surface area (Å²) in [5.41, 5.74) is 2.51. The smallest absolute Gasteiger partial charge is 0.257 e. The molecule has 0 saturated carbocycles. The second-order valence-corrected chi connectivity index (χ2v) is 7.32. The van der Waals surface area contributed by atoms with Gasteiger partial charge in [-0.25, -0.2) is 4.98 Å². The van der Waals surface area contributed by atoms with E-state index < -0.39 is 0 Å². The molecule has 0 unspecified atom stereocenters. The number of para-hydroxylation sites is 1. The summed E-state index contributed by atoms with van der Waals surface area (Å²) in [4.78, 5) is 17.8. The lowest BCUT2D eigenvalue weighted by Gasteiger charge is -2.10. The summed E-state index contributed by atoms with van der Waals surface area (Å²) in [7, 11) is 0. The number of nitrogens with zero attached hydrogens (tertiary/aromatic N) is 5. The lowest BCUT2D eigenvalue weighted by Crippen LogP contribution is -2.14. The van der Waals surface area contributed by atoms with Gasteiger partial charge in [-0.05, 0) is 59.3 Å². The number of thioether (sulfide) groups is 1. The highest BCUT2D eigenvalue weighted by Gasteiger charge is 2.14. The molecular formula is C21H18N6OS. The van der Waals surface area contributed by atoms with Gasteiger partial charge in [0.25, 0.3) is 5.91 Å². The number of amides is 1. The SMILES string of the molecule is Cc1ccnc(NC(=O)c2ccccc2SCc2nnnn2-c2ccccc2)c1. The molecule has 144 valence electrons. The molecule has 1 N–H and O–H groups in total. The fourth-order valence-corrected chi connectivity index (χ4v) is 3.73. The molecule has 0 saturated heterocycles. The molecule has 0 aliphatic heterocycles. The number of carbonyl (C=O) groups is 1. The van der Waals surface area contributed by atoms with Crippen LogP contribution in [0.15, 0.2) is 77.8 Å². The largest absolute Gasteiger partial charge is 0.307 e. The van der Waals surface area contributed by atoms with Gasteiger partial charge < -0.3 is 5.32 Å². The van der Waals surface area contributed by atoms with Gasteiger partial charge in [0.1, 0.15) is 5.82 Å². The van der Waals surface area contributed by atoms with Crippen molar-refractivity contribution in [3.63, 3.8) is 0 Å². The van der Waals surface area contributed by atoms with Gasteiger partial charge in [-0.2, -0.15) is 4.68 Å². The molecule has 0 atom stereocenters. The predicted octanol–water partition coefficient (Wildman–Crippen LogP) is 3.91. The molecule has 2 heterocycles. The van der Waals surface area contributed by atoms with E-state index in [1.807, 2.05) is 67.6 Å². The molecule has 0 radical (unpaired) electrons. The quantitative estimate of drug-likeness (QED) is 0.492. The number of pyridine rings is 1. The standard InChI is InChI=1S/C21H18N6OS/c1-15-11-12-22-19(13-15)23-21(28)17-9-5-6-10-18(17)29-14-20-24-25-26-27(20)16-7-3-2-4-8-16/h2-13H,14H2,1H3,(H,22,23,28). The van der Waals surface area contributed by atoms with Crippen LogP contribution >= 0.6 is 11.8 Å². The maximum absolute atomic E-state index is 12.8. The first-order chi connectivity index (χ1) is 14.2. The molecule has 2 aromatic heterocycles. The van der Waals surface area contributed by atoms with Gasteiger partial charge in [0.05, 0.1) is 17.0 Å². The van der Waals surface area contributed by atoms with E-state index in [1.165, 1.54) is 11.8 Å². The minimum Gasteiger partial charge on any atom is -0.307 e. The summed E-state index contributed by atoms with van der Waals surface area (Å²) < 4.78 is 1.70. The van der Waals surface area contributed by atoms with Crippen LogP contribution < -0.4 is 5.32 Å². The average molecular weight is 402 g/mol. The first kappa shape index (κ1) is 18.8. The monoisotopic (exact) mass is 402 g/mol. The number of benzene rings is 2. The number of tetrazole rings is 1. The van der Waals surface area contributed by atoms with Crippen molar-refractivity contribution in [2.75, 3.05) is 5.32 Å². The summed E-state index contributed by atoms with van der Waals surface area (Å²) in [5, 5.41) is 14.9. The van der Waals surface area contributed by atoms with Crippen LogP contribution in [0.25, 0.3) is 5.69 Å². The van der Waals surface area contributed by atoms with Gasteiger partial charge >= 0.3 is 0 Å². The van der Waals surface area contributed by atoms with Crippen LogP contribution in [-0.2, 0) is 5.75 Å². The molecule has 0 bridgehead atoms. The van der Waals surface area contributed by atoms with Gasteiger partial charge in [0.15, 0.2) is 5.82 Å². The van der Waals surface area contributed by atoms with Crippen molar-refractivity contribution in [2.45, 2.75) is 17.6 Å². The Morgan fingerprint density at radius 3 is 2.69 bits per heavy atom. The first-order valence-corrected chi connectivity index (χ1v) is 9.98. The highest BCUT2D eigenvalue weighted by atomic mass is 32.2. The van der Waals surface area contributed by atoms with E-state index in [2.05, 4.69) is 25.8 Å². The zero-order valence-corrected chi connectivity index (χ0v) is 16.5. The topological polar surface area (TPSA) is 85.6 Å². The minimum absolute atomic E-state index is 0.200. The summed E-state index contributed by atoms with van der Waals surface area (Å²) in [6.45, 7) is 1.96. The van der Waals surface area contributed by atoms with E-state index in [4.69, 9.17) is 0 Å². The van der Waals surface area contributed by atoms with Crippen LogP contribution in [0.5, 0.6) is 0 Å². The van der Waals surface area contributed by atoms with Crippen LogP contribution in [0.1, 0.15) is 21.7 Å². The molecule has 2 aromatic carbocycles. The lowest BCUT2D eigenvalue weighted by atomic mass is 10.2. The molecule has 29 heavy (non-hydrogen) atoms. The van der Waals surface area contributed by atoms with Crippen molar-refractivity contribution in [1.29, 1.82) is 0 Å². The Balaban J connectivity index is 1.51. The summed E-state index contributed by atoms with van der Waals surface area (Å²) >= 11 is 1.51. The van der Waals surface area contributed by atoms with Crippen LogP contribution in [0, 0.1) is 6.92 Å². The van der Waals surface area contributed by atoms with Crippen molar-refractivity contribution in [1.82, 2.24) is 25.2 Å². The van der Waals surface area contributed by atoms with Crippen molar-refractivity contribution >= 4 is 23.5 Å². The Kier molecular flexibility index (Phi) is 5.62. The average Bonchev–Trinajstić information content (AvgIpc) is 3.22. The van der Waals surface area contributed by atoms with Gasteiger partial charge in [-0.15, -0.1) is 16.9 Å². The summed E-state index contributed by atoms with van der Waals surface area (Å²) in [6, 6.07) is 20.9. The van der Waals surface area contributed by atoms with E-state index in [-0.39, 0.29) is 5.91 Å². The summed E-state index contributed by atoms with van der Waals surface area (Å²) in [6.07, 6.45) is 1.68. The highest BCUT2D eigenvalue weighted by Crippen LogP contribution is 2.27. The third-order valence-electron chi connectivity index (χ3n) is 4.18. The van der Waals surface area contributed by atoms with Crippen LogP contribution in [0.4, 0.5) is 5.82 Å². The van der Waals surface area contributed by atoms with Gasteiger partial charge in [0.2, 0.25) is 0 Å². The number of anilines is 1. The Morgan fingerprint density at radius 2 is 1.86 bits per heavy atom. The van der Waals surface area contributed by atoms with Crippen molar-refractivity contribution in [3.05, 3.63) is 89.9 Å². The second-order valence-electron chi connectivity index (χ2n) is 6.30. The Labute approximate surface area is 172 Å².